The molecule has 17 heavy (non-hydrogen) atoms. The zero-order chi connectivity index (χ0) is 12.3. The van der Waals surface area contributed by atoms with Crippen LogP contribution in [0.5, 0.6) is 0 Å². The molecule has 0 aliphatic carbocycles. The van der Waals surface area contributed by atoms with Crippen molar-refractivity contribution in [1.29, 1.82) is 0 Å². The number of benzene rings is 1. The average Bonchev–Trinajstić information content (AvgIpc) is 2.28. The van der Waals surface area contributed by atoms with Crippen molar-refractivity contribution in [2.45, 2.75) is 20.3 Å². The lowest BCUT2D eigenvalue weighted by Crippen LogP contribution is -1.96. The summed E-state index contributed by atoms with van der Waals surface area (Å²) >= 11 is 0. The topological polar surface area (TPSA) is 30.0 Å². The van der Waals surface area contributed by atoms with Crippen molar-refractivity contribution in [1.82, 2.24) is 4.98 Å². The second kappa shape index (κ2) is 4.91. The second-order valence-electron chi connectivity index (χ2n) is 4.37. The third-order valence-corrected chi connectivity index (χ3v) is 2.74. The molecule has 0 bridgehead atoms. The predicted octanol–water partition coefficient (Wildman–Crippen LogP) is 3.10. The van der Waals surface area contributed by atoms with Crippen molar-refractivity contribution in [2.75, 3.05) is 0 Å². The van der Waals surface area contributed by atoms with Gasteiger partial charge in [0.1, 0.15) is 6.29 Å². The molecule has 86 valence electrons. The van der Waals surface area contributed by atoms with E-state index in [2.05, 4.69) is 37.0 Å². The molecule has 0 aliphatic heterocycles. The largest absolute Gasteiger partial charge is 0.298 e. The van der Waals surface area contributed by atoms with Crippen LogP contribution >= 0.6 is 0 Å². The molecular formula is C15H15NO. The van der Waals surface area contributed by atoms with Gasteiger partial charge in [-0.05, 0) is 37.5 Å². The molecule has 0 amide bonds. The molecule has 0 aliphatic rings. The Balaban J connectivity index is 2.34. The molecule has 0 saturated heterocycles. The molecule has 0 spiro atoms. The Kier molecular flexibility index (Phi) is 3.33. The number of hydrogen-bond acceptors (Lipinski definition) is 2. The number of nitrogens with zero attached hydrogens (tertiary/aromatic N) is 1. The van der Waals surface area contributed by atoms with E-state index in [9.17, 15) is 4.79 Å². The highest BCUT2D eigenvalue weighted by Gasteiger charge is 2.03. The molecule has 2 heteroatoms. The summed E-state index contributed by atoms with van der Waals surface area (Å²) in [5.74, 6) is 0. The molecule has 0 unspecified atom stereocenters. The number of carbonyl (C=O) groups is 1. The smallest absolute Gasteiger partial charge is 0.150 e. The van der Waals surface area contributed by atoms with Crippen molar-refractivity contribution in [3.63, 3.8) is 0 Å². The number of aryl methyl sites for hydroxylation is 2. The van der Waals surface area contributed by atoms with Crippen LogP contribution in [0.25, 0.3) is 0 Å². The highest BCUT2D eigenvalue weighted by atomic mass is 16.1. The molecule has 0 N–H and O–H groups in total. The summed E-state index contributed by atoms with van der Waals surface area (Å²) in [6.07, 6.45) is 5.06. The molecule has 2 nitrogen and oxygen atoms in total. The van der Waals surface area contributed by atoms with E-state index < -0.39 is 0 Å². The molecule has 0 saturated carbocycles. The van der Waals surface area contributed by atoms with E-state index in [0.29, 0.717) is 0 Å². The lowest BCUT2D eigenvalue weighted by atomic mass is 9.99. The first-order valence-electron chi connectivity index (χ1n) is 5.64. The van der Waals surface area contributed by atoms with Crippen molar-refractivity contribution >= 4 is 6.29 Å². The van der Waals surface area contributed by atoms with Crippen LogP contribution in [0.15, 0.2) is 36.7 Å². The number of aromatic nitrogens is 1. The Hall–Kier alpha value is -1.96. The Bertz CT molecular complexity index is 526. The average molecular weight is 225 g/mol. The molecule has 0 atom stereocenters. The quantitative estimate of drug-likeness (QED) is 0.751. The lowest BCUT2D eigenvalue weighted by Gasteiger charge is -2.06. The minimum Gasteiger partial charge on any atom is -0.298 e. The monoisotopic (exact) mass is 225 g/mol. The molecule has 0 fully saturated rings. The van der Waals surface area contributed by atoms with Gasteiger partial charge >= 0.3 is 0 Å². The van der Waals surface area contributed by atoms with Crippen LogP contribution in [0.4, 0.5) is 0 Å². The van der Waals surface area contributed by atoms with Gasteiger partial charge in [-0.1, -0.05) is 29.3 Å². The molecule has 1 aromatic heterocycles. The summed E-state index contributed by atoms with van der Waals surface area (Å²) < 4.78 is 0. The molecule has 2 aromatic rings. The fourth-order valence-electron chi connectivity index (χ4n) is 2.09. The van der Waals surface area contributed by atoms with Crippen LogP contribution < -0.4 is 0 Å². The van der Waals surface area contributed by atoms with Gasteiger partial charge in [-0.3, -0.25) is 9.78 Å². The minimum atomic E-state index is 0.721. The Morgan fingerprint density at radius 1 is 1.18 bits per heavy atom. The standard InChI is InChI=1S/C15H15NO/c1-11-5-12(2)7-13(6-11)8-15-9-16-4-3-14(15)10-17/h3-7,9-10H,8H2,1-2H3. The van der Waals surface area contributed by atoms with Crippen LogP contribution in [-0.4, -0.2) is 11.3 Å². The van der Waals surface area contributed by atoms with Crippen LogP contribution in [-0.2, 0) is 6.42 Å². The van der Waals surface area contributed by atoms with E-state index >= 15 is 0 Å². The summed E-state index contributed by atoms with van der Waals surface area (Å²) in [4.78, 5) is 15.0. The SMILES string of the molecule is Cc1cc(C)cc(Cc2cnccc2C=O)c1. The summed E-state index contributed by atoms with van der Waals surface area (Å²) in [5.41, 5.74) is 5.42. The number of rotatable bonds is 3. The van der Waals surface area contributed by atoms with E-state index in [1.54, 1.807) is 18.5 Å². The van der Waals surface area contributed by atoms with Crippen LogP contribution in [0.2, 0.25) is 0 Å². The summed E-state index contributed by atoms with van der Waals surface area (Å²) in [5, 5.41) is 0. The summed E-state index contributed by atoms with van der Waals surface area (Å²) in [7, 11) is 0. The highest BCUT2D eigenvalue weighted by molar-refractivity contribution is 5.77. The van der Waals surface area contributed by atoms with Gasteiger partial charge in [-0.25, -0.2) is 0 Å². The Labute approximate surface area is 101 Å². The van der Waals surface area contributed by atoms with E-state index in [-0.39, 0.29) is 0 Å². The van der Waals surface area contributed by atoms with Gasteiger partial charge < -0.3 is 0 Å². The maximum Gasteiger partial charge on any atom is 0.150 e. The molecule has 2 rings (SSSR count). The predicted molar refractivity (Wildman–Crippen MR) is 68.3 cm³/mol. The fraction of sp³-hybridized carbons (Fsp3) is 0.200. The lowest BCUT2D eigenvalue weighted by molar-refractivity contribution is 0.112. The van der Waals surface area contributed by atoms with Crippen molar-refractivity contribution in [3.8, 4) is 0 Å². The summed E-state index contributed by atoms with van der Waals surface area (Å²) in [6, 6.07) is 8.20. The molecule has 0 radical (unpaired) electrons. The van der Waals surface area contributed by atoms with Gasteiger partial charge in [-0.2, -0.15) is 0 Å². The van der Waals surface area contributed by atoms with Crippen molar-refractivity contribution in [2.24, 2.45) is 0 Å². The third-order valence-electron chi connectivity index (χ3n) is 2.74. The van der Waals surface area contributed by atoms with Gasteiger partial charge in [0.05, 0.1) is 0 Å². The summed E-state index contributed by atoms with van der Waals surface area (Å²) in [6.45, 7) is 4.17. The van der Waals surface area contributed by atoms with Crippen molar-refractivity contribution < 1.29 is 4.79 Å². The minimum absolute atomic E-state index is 0.721. The van der Waals surface area contributed by atoms with Crippen LogP contribution in [0.3, 0.4) is 0 Å². The number of aldehydes is 1. The van der Waals surface area contributed by atoms with E-state index in [0.717, 1.165) is 23.8 Å². The number of pyridine rings is 1. The molecular weight excluding hydrogens is 210 g/mol. The van der Waals surface area contributed by atoms with Gasteiger partial charge in [0.25, 0.3) is 0 Å². The van der Waals surface area contributed by atoms with Gasteiger partial charge in [0.2, 0.25) is 0 Å². The van der Waals surface area contributed by atoms with Gasteiger partial charge in [0.15, 0.2) is 0 Å². The van der Waals surface area contributed by atoms with Gasteiger partial charge in [0, 0.05) is 18.0 Å². The first-order valence-corrected chi connectivity index (χ1v) is 5.64. The third kappa shape index (κ3) is 2.78. The van der Waals surface area contributed by atoms with Crippen molar-refractivity contribution in [3.05, 3.63) is 64.5 Å². The van der Waals surface area contributed by atoms with E-state index in [4.69, 9.17) is 0 Å². The molecule has 1 aromatic carbocycles. The Morgan fingerprint density at radius 2 is 1.88 bits per heavy atom. The number of carbonyl (C=O) groups excluding carboxylic acids is 1. The maximum atomic E-state index is 10.9. The first kappa shape index (κ1) is 11.5. The van der Waals surface area contributed by atoms with E-state index in [1.165, 1.54) is 16.7 Å². The van der Waals surface area contributed by atoms with Crippen LogP contribution in [0, 0.1) is 13.8 Å². The highest BCUT2D eigenvalue weighted by Crippen LogP contribution is 2.15. The van der Waals surface area contributed by atoms with Gasteiger partial charge in [-0.15, -0.1) is 0 Å². The maximum absolute atomic E-state index is 10.9. The molecule has 1 heterocycles. The normalized spacial score (nSPS) is 10.2. The first-order chi connectivity index (χ1) is 8.19. The van der Waals surface area contributed by atoms with Crippen LogP contribution in [0.1, 0.15) is 32.6 Å². The zero-order valence-corrected chi connectivity index (χ0v) is 10.1. The fourth-order valence-corrected chi connectivity index (χ4v) is 2.09. The van der Waals surface area contributed by atoms with E-state index in [1.807, 2.05) is 0 Å². The second-order valence-corrected chi connectivity index (χ2v) is 4.37. The zero-order valence-electron chi connectivity index (χ0n) is 10.1. The number of hydrogen-bond donors (Lipinski definition) is 0. The Morgan fingerprint density at radius 3 is 2.53 bits per heavy atom.